The number of hydrogen-bond donors (Lipinski definition) is 0. The normalized spacial score (nSPS) is 27.5. The molecule has 1 aliphatic heterocycles. The minimum atomic E-state index is 0.350. The first-order valence-electron chi connectivity index (χ1n) is 4.07. The van der Waals surface area contributed by atoms with E-state index in [2.05, 4.69) is 13.5 Å². The predicted molar refractivity (Wildman–Crippen MR) is 43.0 cm³/mol. The van der Waals surface area contributed by atoms with Gasteiger partial charge in [0.1, 0.15) is 0 Å². The third kappa shape index (κ3) is 2.14. The zero-order valence-corrected chi connectivity index (χ0v) is 6.73. The van der Waals surface area contributed by atoms with Crippen LogP contribution in [0, 0.1) is 0 Å². The monoisotopic (exact) mass is 140 g/mol. The number of rotatable bonds is 1. The molecule has 0 spiro atoms. The Balaban J connectivity index is 2.35. The molecule has 1 heteroatoms. The second-order valence-corrected chi connectivity index (χ2v) is 3.06. The molecule has 0 aromatic heterocycles. The molecule has 1 nitrogen and oxygen atoms in total. The van der Waals surface area contributed by atoms with Crippen LogP contribution in [0.25, 0.3) is 0 Å². The van der Waals surface area contributed by atoms with Crippen LogP contribution in [0.1, 0.15) is 32.6 Å². The largest absolute Gasteiger partial charge is 0.374 e. The lowest BCUT2D eigenvalue weighted by Crippen LogP contribution is -2.11. The Morgan fingerprint density at radius 1 is 1.40 bits per heavy atom. The summed E-state index contributed by atoms with van der Waals surface area (Å²) in [5, 5.41) is 0. The second kappa shape index (κ2) is 3.77. The van der Waals surface area contributed by atoms with Crippen molar-refractivity contribution in [2.75, 3.05) is 6.61 Å². The van der Waals surface area contributed by atoms with Crippen LogP contribution in [-0.2, 0) is 4.74 Å². The van der Waals surface area contributed by atoms with Gasteiger partial charge >= 0.3 is 0 Å². The fourth-order valence-electron chi connectivity index (χ4n) is 1.31. The lowest BCUT2D eigenvalue weighted by atomic mass is 10.1. The first-order chi connectivity index (χ1) is 4.80. The van der Waals surface area contributed by atoms with Crippen LogP contribution in [0.5, 0.6) is 0 Å². The molecule has 1 atom stereocenters. The number of hydrogen-bond acceptors (Lipinski definition) is 1. The molecule has 0 saturated carbocycles. The zero-order chi connectivity index (χ0) is 7.40. The molecule has 0 amide bonds. The topological polar surface area (TPSA) is 9.23 Å². The standard InChI is InChI=1S/C9H16O/c1-8(2)9-6-4-3-5-7-10-9/h9H,1,3-7H2,2H3. The van der Waals surface area contributed by atoms with Gasteiger partial charge in [-0.2, -0.15) is 0 Å². The van der Waals surface area contributed by atoms with Gasteiger partial charge in [0.15, 0.2) is 0 Å². The van der Waals surface area contributed by atoms with Crippen molar-refractivity contribution in [1.82, 2.24) is 0 Å². The van der Waals surface area contributed by atoms with E-state index in [0.29, 0.717) is 6.10 Å². The second-order valence-electron chi connectivity index (χ2n) is 3.06. The van der Waals surface area contributed by atoms with Crippen LogP contribution < -0.4 is 0 Å². The summed E-state index contributed by atoms with van der Waals surface area (Å²) >= 11 is 0. The van der Waals surface area contributed by atoms with Crippen molar-refractivity contribution < 1.29 is 4.74 Å². The van der Waals surface area contributed by atoms with Gasteiger partial charge in [0, 0.05) is 6.61 Å². The predicted octanol–water partition coefficient (Wildman–Crippen LogP) is 2.52. The average Bonchev–Trinajstić information content (AvgIpc) is 2.12. The van der Waals surface area contributed by atoms with E-state index < -0.39 is 0 Å². The smallest absolute Gasteiger partial charge is 0.0779 e. The lowest BCUT2D eigenvalue weighted by molar-refractivity contribution is 0.0840. The van der Waals surface area contributed by atoms with Crippen molar-refractivity contribution in [2.24, 2.45) is 0 Å². The van der Waals surface area contributed by atoms with E-state index in [9.17, 15) is 0 Å². The fraction of sp³-hybridized carbons (Fsp3) is 0.778. The first kappa shape index (κ1) is 7.80. The van der Waals surface area contributed by atoms with E-state index in [1.54, 1.807) is 0 Å². The van der Waals surface area contributed by atoms with Crippen molar-refractivity contribution in [2.45, 2.75) is 38.7 Å². The van der Waals surface area contributed by atoms with Crippen molar-refractivity contribution in [3.8, 4) is 0 Å². The Bertz CT molecular complexity index is 110. The first-order valence-corrected chi connectivity index (χ1v) is 4.07. The molecule has 0 aromatic carbocycles. The van der Waals surface area contributed by atoms with Crippen LogP contribution in [0.2, 0.25) is 0 Å². The Kier molecular flexibility index (Phi) is 2.94. The quantitative estimate of drug-likeness (QED) is 0.508. The molecular weight excluding hydrogens is 124 g/mol. The Hall–Kier alpha value is -0.300. The summed E-state index contributed by atoms with van der Waals surface area (Å²) in [6.45, 7) is 6.88. The molecule has 1 unspecified atom stereocenters. The molecule has 1 rings (SSSR count). The maximum absolute atomic E-state index is 5.56. The maximum atomic E-state index is 5.56. The summed E-state index contributed by atoms with van der Waals surface area (Å²) in [7, 11) is 0. The Morgan fingerprint density at radius 2 is 2.20 bits per heavy atom. The third-order valence-corrected chi connectivity index (χ3v) is 1.98. The van der Waals surface area contributed by atoms with Crippen LogP contribution in [0.3, 0.4) is 0 Å². The van der Waals surface area contributed by atoms with Gasteiger partial charge in [0.25, 0.3) is 0 Å². The summed E-state index contributed by atoms with van der Waals surface area (Å²) in [6.07, 6.45) is 5.38. The molecule has 58 valence electrons. The molecule has 0 aliphatic carbocycles. The van der Waals surface area contributed by atoms with Gasteiger partial charge < -0.3 is 4.74 Å². The fourth-order valence-corrected chi connectivity index (χ4v) is 1.31. The molecule has 1 saturated heterocycles. The third-order valence-electron chi connectivity index (χ3n) is 1.98. The van der Waals surface area contributed by atoms with Crippen LogP contribution in [0.4, 0.5) is 0 Å². The minimum absolute atomic E-state index is 0.350. The Morgan fingerprint density at radius 3 is 2.90 bits per heavy atom. The van der Waals surface area contributed by atoms with Gasteiger partial charge in [-0.15, -0.1) is 0 Å². The molecule has 0 bridgehead atoms. The average molecular weight is 140 g/mol. The molecule has 1 fully saturated rings. The van der Waals surface area contributed by atoms with Crippen molar-refractivity contribution in [3.63, 3.8) is 0 Å². The van der Waals surface area contributed by atoms with Gasteiger partial charge in [-0.3, -0.25) is 0 Å². The Labute approximate surface area is 63.1 Å². The lowest BCUT2D eigenvalue weighted by Gasteiger charge is -2.13. The van der Waals surface area contributed by atoms with Gasteiger partial charge in [-0.1, -0.05) is 25.0 Å². The van der Waals surface area contributed by atoms with Gasteiger partial charge in [0.2, 0.25) is 0 Å². The van der Waals surface area contributed by atoms with E-state index >= 15 is 0 Å². The van der Waals surface area contributed by atoms with Crippen molar-refractivity contribution >= 4 is 0 Å². The summed E-state index contributed by atoms with van der Waals surface area (Å²) in [6, 6.07) is 0. The van der Waals surface area contributed by atoms with Gasteiger partial charge in [0.05, 0.1) is 6.10 Å². The minimum Gasteiger partial charge on any atom is -0.374 e. The summed E-state index contributed by atoms with van der Waals surface area (Å²) < 4.78 is 5.56. The molecule has 1 heterocycles. The van der Waals surface area contributed by atoms with Gasteiger partial charge in [-0.25, -0.2) is 0 Å². The highest BCUT2D eigenvalue weighted by Crippen LogP contribution is 2.17. The van der Waals surface area contributed by atoms with E-state index in [1.807, 2.05) is 0 Å². The highest BCUT2D eigenvalue weighted by molar-refractivity contribution is 4.97. The van der Waals surface area contributed by atoms with Crippen LogP contribution in [0.15, 0.2) is 12.2 Å². The van der Waals surface area contributed by atoms with Gasteiger partial charge in [-0.05, 0) is 19.8 Å². The van der Waals surface area contributed by atoms with E-state index in [-0.39, 0.29) is 0 Å². The van der Waals surface area contributed by atoms with E-state index in [4.69, 9.17) is 4.74 Å². The molecule has 1 aliphatic rings. The molecule has 0 radical (unpaired) electrons. The maximum Gasteiger partial charge on any atom is 0.0779 e. The van der Waals surface area contributed by atoms with Crippen LogP contribution in [-0.4, -0.2) is 12.7 Å². The summed E-state index contributed by atoms with van der Waals surface area (Å²) in [5.41, 5.74) is 1.18. The molecular formula is C9H16O. The SMILES string of the molecule is C=C(C)C1CCCCCO1. The highest BCUT2D eigenvalue weighted by atomic mass is 16.5. The van der Waals surface area contributed by atoms with E-state index in [0.717, 1.165) is 6.61 Å². The summed E-state index contributed by atoms with van der Waals surface area (Å²) in [4.78, 5) is 0. The van der Waals surface area contributed by atoms with E-state index in [1.165, 1.54) is 31.3 Å². The molecule has 0 aromatic rings. The van der Waals surface area contributed by atoms with Crippen LogP contribution >= 0.6 is 0 Å². The molecule has 10 heavy (non-hydrogen) atoms. The summed E-state index contributed by atoms with van der Waals surface area (Å²) in [5.74, 6) is 0. The van der Waals surface area contributed by atoms with Crippen molar-refractivity contribution in [1.29, 1.82) is 0 Å². The zero-order valence-electron chi connectivity index (χ0n) is 6.73. The van der Waals surface area contributed by atoms with Crippen molar-refractivity contribution in [3.05, 3.63) is 12.2 Å². The number of ether oxygens (including phenoxy) is 1. The molecule has 0 N–H and O–H groups in total. The highest BCUT2D eigenvalue weighted by Gasteiger charge is 2.11.